The summed E-state index contributed by atoms with van der Waals surface area (Å²) in [6, 6.07) is 4.50. The van der Waals surface area contributed by atoms with Crippen molar-refractivity contribution in [3.8, 4) is 0 Å². The van der Waals surface area contributed by atoms with Crippen molar-refractivity contribution in [1.82, 2.24) is 4.90 Å². The standard InChI is InChI=1S/C13H14Cl2FNO/c14-6-4-9-5-7-17(8-9)13(18)10-2-1-3-11(15)12(10)16/h1-3,9H,4-8H2. The number of carbonyl (C=O) groups excluding carboxylic acids is 1. The lowest BCUT2D eigenvalue weighted by atomic mass is 10.1. The molecule has 1 aliphatic rings. The first-order valence-electron chi connectivity index (χ1n) is 5.92. The number of likely N-dealkylation sites (tertiary alicyclic amines) is 1. The molecule has 2 rings (SSSR count). The van der Waals surface area contributed by atoms with Crippen LogP contribution in [0.1, 0.15) is 23.2 Å². The van der Waals surface area contributed by atoms with Crippen LogP contribution in [0.5, 0.6) is 0 Å². The maximum Gasteiger partial charge on any atom is 0.256 e. The molecule has 0 N–H and O–H groups in total. The lowest BCUT2D eigenvalue weighted by Crippen LogP contribution is -2.29. The van der Waals surface area contributed by atoms with E-state index >= 15 is 0 Å². The van der Waals surface area contributed by atoms with E-state index in [1.54, 1.807) is 11.0 Å². The molecule has 0 saturated carbocycles. The third-order valence-electron chi connectivity index (χ3n) is 3.27. The van der Waals surface area contributed by atoms with Gasteiger partial charge in [-0.1, -0.05) is 17.7 Å². The number of rotatable bonds is 3. The third kappa shape index (κ3) is 2.78. The zero-order valence-corrected chi connectivity index (χ0v) is 11.3. The molecule has 0 aromatic heterocycles. The fourth-order valence-corrected chi connectivity index (χ4v) is 2.73. The molecule has 0 spiro atoms. The molecule has 5 heteroatoms. The van der Waals surface area contributed by atoms with Crippen LogP contribution in [0.4, 0.5) is 4.39 Å². The van der Waals surface area contributed by atoms with Gasteiger partial charge in [-0.15, -0.1) is 11.6 Å². The van der Waals surface area contributed by atoms with Gasteiger partial charge in [0.2, 0.25) is 0 Å². The highest BCUT2D eigenvalue weighted by Crippen LogP contribution is 2.24. The van der Waals surface area contributed by atoms with Crippen molar-refractivity contribution in [3.05, 3.63) is 34.6 Å². The van der Waals surface area contributed by atoms with Crippen molar-refractivity contribution in [2.24, 2.45) is 5.92 Å². The van der Waals surface area contributed by atoms with Gasteiger partial charge in [0.15, 0.2) is 5.82 Å². The van der Waals surface area contributed by atoms with Crippen molar-refractivity contribution in [2.45, 2.75) is 12.8 Å². The summed E-state index contributed by atoms with van der Waals surface area (Å²) < 4.78 is 13.8. The molecule has 1 heterocycles. The lowest BCUT2D eigenvalue weighted by molar-refractivity contribution is 0.0782. The van der Waals surface area contributed by atoms with E-state index in [9.17, 15) is 9.18 Å². The van der Waals surface area contributed by atoms with Gasteiger partial charge < -0.3 is 4.90 Å². The molecule has 1 atom stereocenters. The van der Waals surface area contributed by atoms with Crippen LogP contribution < -0.4 is 0 Å². The van der Waals surface area contributed by atoms with E-state index in [4.69, 9.17) is 23.2 Å². The van der Waals surface area contributed by atoms with Crippen LogP contribution in [0.3, 0.4) is 0 Å². The first-order chi connectivity index (χ1) is 8.63. The van der Waals surface area contributed by atoms with Gasteiger partial charge in [-0.05, 0) is 30.9 Å². The first kappa shape index (κ1) is 13.6. The minimum Gasteiger partial charge on any atom is -0.338 e. The maximum atomic E-state index is 13.8. The van der Waals surface area contributed by atoms with Crippen LogP contribution in [-0.2, 0) is 0 Å². The number of nitrogens with zero attached hydrogens (tertiary/aromatic N) is 1. The Bertz CT molecular complexity index is 453. The van der Waals surface area contributed by atoms with Gasteiger partial charge in [-0.25, -0.2) is 4.39 Å². The van der Waals surface area contributed by atoms with Gasteiger partial charge in [-0.3, -0.25) is 4.79 Å². The Morgan fingerprint density at radius 3 is 3.00 bits per heavy atom. The molecule has 1 amide bonds. The highest BCUT2D eigenvalue weighted by molar-refractivity contribution is 6.31. The Labute approximate surface area is 116 Å². The second-order valence-electron chi connectivity index (χ2n) is 4.48. The summed E-state index contributed by atoms with van der Waals surface area (Å²) in [5, 5.41) is -0.0163. The van der Waals surface area contributed by atoms with Crippen molar-refractivity contribution in [2.75, 3.05) is 19.0 Å². The lowest BCUT2D eigenvalue weighted by Gasteiger charge is -2.17. The number of benzene rings is 1. The average Bonchev–Trinajstić information content (AvgIpc) is 2.81. The van der Waals surface area contributed by atoms with Gasteiger partial charge in [0, 0.05) is 19.0 Å². The van der Waals surface area contributed by atoms with Crippen molar-refractivity contribution in [1.29, 1.82) is 0 Å². The Hall–Kier alpha value is -0.800. The summed E-state index contributed by atoms with van der Waals surface area (Å²) in [5.41, 5.74) is 0.0500. The van der Waals surface area contributed by atoms with Gasteiger partial charge in [0.25, 0.3) is 5.91 Å². The minimum atomic E-state index is -0.634. The van der Waals surface area contributed by atoms with E-state index in [0.717, 1.165) is 12.8 Å². The third-order valence-corrected chi connectivity index (χ3v) is 3.78. The molecule has 1 saturated heterocycles. The molecule has 1 aromatic rings. The van der Waals surface area contributed by atoms with E-state index < -0.39 is 5.82 Å². The van der Waals surface area contributed by atoms with Crippen molar-refractivity contribution in [3.63, 3.8) is 0 Å². The summed E-state index contributed by atoms with van der Waals surface area (Å²) in [4.78, 5) is 13.8. The Morgan fingerprint density at radius 2 is 2.28 bits per heavy atom. The van der Waals surface area contributed by atoms with Crippen LogP contribution in [0, 0.1) is 11.7 Å². The van der Waals surface area contributed by atoms with Gasteiger partial charge in [-0.2, -0.15) is 0 Å². The average molecular weight is 290 g/mol. The monoisotopic (exact) mass is 289 g/mol. The summed E-state index contributed by atoms with van der Waals surface area (Å²) in [6.45, 7) is 1.31. The zero-order chi connectivity index (χ0) is 13.1. The van der Waals surface area contributed by atoms with Crippen LogP contribution in [0.15, 0.2) is 18.2 Å². The minimum absolute atomic E-state index is 0.0163. The Kier molecular flexibility index (Phi) is 4.46. The van der Waals surface area contributed by atoms with E-state index in [1.165, 1.54) is 12.1 Å². The number of halogens is 3. The predicted octanol–water partition coefficient (Wildman–Crippen LogP) is 3.57. The smallest absolute Gasteiger partial charge is 0.256 e. The molecular weight excluding hydrogens is 276 g/mol. The molecule has 1 unspecified atom stereocenters. The van der Waals surface area contributed by atoms with E-state index in [0.29, 0.717) is 24.9 Å². The zero-order valence-electron chi connectivity index (χ0n) is 9.83. The number of hydrogen-bond donors (Lipinski definition) is 0. The largest absolute Gasteiger partial charge is 0.338 e. The van der Waals surface area contributed by atoms with Crippen LogP contribution in [-0.4, -0.2) is 29.8 Å². The molecular formula is C13H14Cl2FNO. The predicted molar refractivity (Wildman–Crippen MR) is 70.8 cm³/mol. The van der Waals surface area contributed by atoms with Crippen molar-refractivity contribution < 1.29 is 9.18 Å². The Balaban J connectivity index is 2.11. The quantitative estimate of drug-likeness (QED) is 0.779. The summed E-state index contributed by atoms with van der Waals surface area (Å²) in [7, 11) is 0. The molecule has 0 aliphatic carbocycles. The second kappa shape index (κ2) is 5.89. The highest BCUT2D eigenvalue weighted by Gasteiger charge is 2.28. The normalized spacial score (nSPS) is 19.3. The topological polar surface area (TPSA) is 20.3 Å². The molecule has 18 heavy (non-hydrogen) atoms. The highest BCUT2D eigenvalue weighted by atomic mass is 35.5. The van der Waals surface area contributed by atoms with Gasteiger partial charge in [0.05, 0.1) is 10.6 Å². The summed E-state index contributed by atoms with van der Waals surface area (Å²) in [6.07, 6.45) is 1.82. The second-order valence-corrected chi connectivity index (χ2v) is 5.27. The summed E-state index contributed by atoms with van der Waals surface area (Å²) in [5.74, 6) is 0.101. The molecule has 1 fully saturated rings. The number of hydrogen-bond acceptors (Lipinski definition) is 1. The molecule has 0 radical (unpaired) electrons. The Morgan fingerprint density at radius 1 is 1.50 bits per heavy atom. The first-order valence-corrected chi connectivity index (χ1v) is 6.84. The van der Waals surface area contributed by atoms with E-state index in [2.05, 4.69) is 0 Å². The van der Waals surface area contributed by atoms with E-state index in [1.807, 2.05) is 0 Å². The molecule has 2 nitrogen and oxygen atoms in total. The number of amides is 1. The number of alkyl halides is 1. The SMILES string of the molecule is O=C(c1cccc(Cl)c1F)N1CCC(CCCl)C1. The molecule has 98 valence electrons. The molecule has 1 aliphatic heterocycles. The van der Waals surface area contributed by atoms with Crippen LogP contribution >= 0.6 is 23.2 Å². The fourth-order valence-electron chi connectivity index (χ4n) is 2.25. The summed E-state index contributed by atoms with van der Waals surface area (Å²) >= 11 is 11.4. The van der Waals surface area contributed by atoms with Crippen LogP contribution in [0.25, 0.3) is 0 Å². The fraction of sp³-hybridized carbons (Fsp3) is 0.462. The van der Waals surface area contributed by atoms with Gasteiger partial charge >= 0.3 is 0 Å². The number of carbonyl (C=O) groups is 1. The van der Waals surface area contributed by atoms with Crippen LogP contribution in [0.2, 0.25) is 5.02 Å². The van der Waals surface area contributed by atoms with Crippen molar-refractivity contribution >= 4 is 29.1 Å². The maximum absolute atomic E-state index is 13.8. The van der Waals surface area contributed by atoms with E-state index in [-0.39, 0.29) is 16.5 Å². The molecule has 1 aromatic carbocycles. The molecule has 0 bridgehead atoms. The van der Waals surface area contributed by atoms with Gasteiger partial charge in [0.1, 0.15) is 0 Å².